The minimum absolute atomic E-state index is 0.111. The van der Waals surface area contributed by atoms with Gasteiger partial charge in [-0.25, -0.2) is 9.18 Å². The van der Waals surface area contributed by atoms with E-state index in [0.717, 1.165) is 17.0 Å². The molecule has 6 nitrogen and oxygen atoms in total. The van der Waals surface area contributed by atoms with Gasteiger partial charge in [0.2, 0.25) is 11.6 Å². The number of nitrogens with zero attached hydrogens (tertiary/aromatic N) is 3. The van der Waals surface area contributed by atoms with Gasteiger partial charge in [-0.2, -0.15) is 5.10 Å². The number of halogens is 1. The third-order valence-corrected chi connectivity index (χ3v) is 5.01. The first-order valence-electron chi connectivity index (χ1n) is 7.69. The second kappa shape index (κ2) is 5.62. The minimum Gasteiger partial charge on any atom is -0.479 e. The van der Waals surface area contributed by atoms with E-state index in [9.17, 15) is 14.0 Å². The molecule has 1 unspecified atom stereocenters. The van der Waals surface area contributed by atoms with E-state index in [4.69, 9.17) is 5.11 Å². The maximum Gasteiger partial charge on any atom is 0.343 e. The van der Waals surface area contributed by atoms with Gasteiger partial charge in [-0.05, 0) is 25.8 Å². The van der Waals surface area contributed by atoms with Gasteiger partial charge in [0, 0.05) is 31.1 Å². The lowest BCUT2D eigenvalue weighted by molar-refractivity contribution is -0.156. The molecule has 1 N–H and O–H groups in total. The number of carbonyl (C=O) groups excluding carboxylic acids is 1. The van der Waals surface area contributed by atoms with E-state index in [-0.39, 0.29) is 25.4 Å². The normalized spacial score (nSPS) is 23.3. The molecule has 0 radical (unpaired) electrons. The van der Waals surface area contributed by atoms with Crippen LogP contribution < -0.4 is 0 Å². The number of aromatic nitrogens is 2. The van der Waals surface area contributed by atoms with Crippen LogP contribution in [0, 0.1) is 19.3 Å². The summed E-state index contributed by atoms with van der Waals surface area (Å²) in [5, 5.41) is 13.5. The summed E-state index contributed by atoms with van der Waals surface area (Å²) in [5.74, 6) is -1.72. The number of likely N-dealkylation sites (tertiary alicyclic amines) is 1. The molecule has 1 fully saturated rings. The molecule has 0 aliphatic carbocycles. The maximum atomic E-state index is 14.7. The van der Waals surface area contributed by atoms with Crippen LogP contribution in [-0.4, -0.2) is 50.4 Å². The van der Waals surface area contributed by atoms with Crippen molar-refractivity contribution >= 4 is 11.9 Å². The van der Waals surface area contributed by atoms with Gasteiger partial charge in [-0.1, -0.05) is 13.8 Å². The molecule has 1 atom stereocenters. The third kappa shape index (κ3) is 2.84. The van der Waals surface area contributed by atoms with Crippen LogP contribution in [0.25, 0.3) is 0 Å². The summed E-state index contributed by atoms with van der Waals surface area (Å²) >= 11 is 0. The summed E-state index contributed by atoms with van der Waals surface area (Å²) < 4.78 is 16.5. The van der Waals surface area contributed by atoms with Gasteiger partial charge in [0.25, 0.3) is 0 Å². The van der Waals surface area contributed by atoms with Gasteiger partial charge >= 0.3 is 5.97 Å². The number of carbonyl (C=O) groups is 2. The quantitative estimate of drug-likeness (QED) is 0.913. The molecule has 128 valence electrons. The molecule has 23 heavy (non-hydrogen) atoms. The highest BCUT2D eigenvalue weighted by Crippen LogP contribution is 2.42. The molecule has 1 aromatic heterocycles. The van der Waals surface area contributed by atoms with Crippen molar-refractivity contribution in [1.82, 2.24) is 14.7 Å². The van der Waals surface area contributed by atoms with E-state index < -0.39 is 17.1 Å². The monoisotopic (exact) mass is 325 g/mol. The lowest BCUT2D eigenvalue weighted by atomic mass is 9.79. The van der Waals surface area contributed by atoms with Gasteiger partial charge < -0.3 is 10.0 Å². The summed E-state index contributed by atoms with van der Waals surface area (Å²) in [7, 11) is 1.85. The van der Waals surface area contributed by atoms with Crippen molar-refractivity contribution in [3.05, 3.63) is 17.0 Å². The number of amides is 1. The number of carboxylic acid groups (broad SMARTS) is 1. The van der Waals surface area contributed by atoms with Crippen molar-refractivity contribution in [1.29, 1.82) is 0 Å². The molecule has 1 aliphatic rings. The Morgan fingerprint density at radius 1 is 1.30 bits per heavy atom. The average Bonchev–Trinajstić information content (AvgIpc) is 2.83. The molecule has 0 bridgehead atoms. The number of carboxylic acids is 1. The zero-order valence-electron chi connectivity index (χ0n) is 14.3. The number of rotatable bonds is 4. The fourth-order valence-electron chi connectivity index (χ4n) is 3.24. The topological polar surface area (TPSA) is 75.4 Å². The van der Waals surface area contributed by atoms with Gasteiger partial charge in [0.1, 0.15) is 0 Å². The molecule has 7 heteroatoms. The van der Waals surface area contributed by atoms with Gasteiger partial charge in [0.05, 0.1) is 12.2 Å². The number of hydrogen-bond acceptors (Lipinski definition) is 3. The number of aliphatic carboxylic acids is 1. The summed E-state index contributed by atoms with van der Waals surface area (Å²) in [6.45, 7) is 6.64. The van der Waals surface area contributed by atoms with Crippen LogP contribution >= 0.6 is 0 Å². The van der Waals surface area contributed by atoms with E-state index in [0.29, 0.717) is 6.42 Å². The molecule has 1 aliphatic heterocycles. The fourth-order valence-corrected chi connectivity index (χ4v) is 3.24. The van der Waals surface area contributed by atoms with Crippen molar-refractivity contribution in [3.63, 3.8) is 0 Å². The largest absolute Gasteiger partial charge is 0.479 e. The van der Waals surface area contributed by atoms with Crippen LogP contribution in [0.4, 0.5) is 4.39 Å². The number of aryl methyl sites for hydroxylation is 2. The summed E-state index contributed by atoms with van der Waals surface area (Å²) in [4.78, 5) is 25.0. The standard InChI is InChI=1S/C16H24FN3O3/c1-10-12(11(2)19(5)18-10)6-7-13(21)20-8-15(3,4)16(17,9-20)14(22)23/h6-9H2,1-5H3,(H,22,23). The maximum absolute atomic E-state index is 14.7. The van der Waals surface area contributed by atoms with Crippen molar-refractivity contribution in [2.75, 3.05) is 13.1 Å². The Balaban J connectivity index is 2.07. The number of hydrogen-bond donors (Lipinski definition) is 1. The molecule has 1 amide bonds. The first-order chi connectivity index (χ1) is 10.5. The third-order valence-electron chi connectivity index (χ3n) is 5.01. The molecule has 1 saturated heterocycles. The van der Waals surface area contributed by atoms with Crippen molar-refractivity contribution in [3.8, 4) is 0 Å². The molecule has 0 aromatic carbocycles. The van der Waals surface area contributed by atoms with E-state index in [2.05, 4.69) is 5.10 Å². The Hall–Kier alpha value is -1.92. The Bertz CT molecular complexity index is 653. The van der Waals surface area contributed by atoms with Crippen LogP contribution in [-0.2, 0) is 23.1 Å². The molecule has 0 saturated carbocycles. The summed E-state index contributed by atoms with van der Waals surface area (Å²) in [5.41, 5.74) is -0.603. The van der Waals surface area contributed by atoms with Gasteiger partial charge in [0.15, 0.2) is 0 Å². The Kier molecular flexibility index (Phi) is 4.26. The van der Waals surface area contributed by atoms with Gasteiger partial charge in [-0.3, -0.25) is 9.48 Å². The highest BCUT2D eigenvalue weighted by molar-refractivity contribution is 5.83. The Morgan fingerprint density at radius 2 is 1.91 bits per heavy atom. The zero-order valence-corrected chi connectivity index (χ0v) is 14.3. The van der Waals surface area contributed by atoms with Crippen LogP contribution in [0.1, 0.15) is 37.2 Å². The van der Waals surface area contributed by atoms with Crippen LogP contribution in [0.2, 0.25) is 0 Å². The first-order valence-corrected chi connectivity index (χ1v) is 7.69. The van der Waals surface area contributed by atoms with Crippen molar-refractivity contribution in [2.45, 2.75) is 46.2 Å². The highest BCUT2D eigenvalue weighted by atomic mass is 19.1. The second-order valence-electron chi connectivity index (χ2n) is 7.01. The van der Waals surface area contributed by atoms with Crippen LogP contribution in [0.15, 0.2) is 0 Å². The van der Waals surface area contributed by atoms with E-state index in [1.54, 1.807) is 18.5 Å². The lowest BCUT2D eigenvalue weighted by Gasteiger charge is -2.27. The van der Waals surface area contributed by atoms with Crippen molar-refractivity contribution in [2.24, 2.45) is 12.5 Å². The molecule has 2 heterocycles. The minimum atomic E-state index is -2.40. The molecule has 0 spiro atoms. The first kappa shape index (κ1) is 17.4. The molecule has 2 rings (SSSR count). The van der Waals surface area contributed by atoms with E-state index in [1.807, 2.05) is 20.9 Å². The SMILES string of the molecule is Cc1nn(C)c(C)c1CCC(=O)N1CC(C)(C)C(F)(C(=O)O)C1. The zero-order chi connectivity index (χ0) is 17.6. The van der Waals surface area contributed by atoms with E-state index in [1.165, 1.54) is 4.90 Å². The molecular formula is C16H24FN3O3. The van der Waals surface area contributed by atoms with Crippen LogP contribution in [0.3, 0.4) is 0 Å². The highest BCUT2D eigenvalue weighted by Gasteiger charge is 2.59. The van der Waals surface area contributed by atoms with Gasteiger partial charge in [-0.15, -0.1) is 0 Å². The predicted molar refractivity (Wildman–Crippen MR) is 82.8 cm³/mol. The smallest absolute Gasteiger partial charge is 0.343 e. The Labute approximate surface area is 135 Å². The van der Waals surface area contributed by atoms with Crippen molar-refractivity contribution < 1.29 is 19.1 Å². The van der Waals surface area contributed by atoms with E-state index >= 15 is 0 Å². The fraction of sp³-hybridized carbons (Fsp3) is 0.688. The predicted octanol–water partition coefficient (Wildman–Crippen LogP) is 1.63. The Morgan fingerprint density at radius 3 is 2.35 bits per heavy atom. The lowest BCUT2D eigenvalue weighted by Crippen LogP contribution is -2.47. The average molecular weight is 325 g/mol. The van der Waals surface area contributed by atoms with Crippen LogP contribution in [0.5, 0.6) is 0 Å². The second-order valence-corrected chi connectivity index (χ2v) is 7.01. The summed E-state index contributed by atoms with van der Waals surface area (Å²) in [6, 6.07) is 0. The molecular weight excluding hydrogens is 301 g/mol. The number of alkyl halides is 1. The molecule has 1 aromatic rings. The summed E-state index contributed by atoms with van der Waals surface area (Å²) in [6.07, 6.45) is 0.743.